The highest BCUT2D eigenvalue weighted by molar-refractivity contribution is 6.20. The molecule has 29 heavy (non-hydrogen) atoms. The van der Waals surface area contributed by atoms with Crippen molar-refractivity contribution in [2.24, 2.45) is 23.7 Å². The van der Waals surface area contributed by atoms with Gasteiger partial charge in [0.25, 0.3) is 0 Å². The summed E-state index contributed by atoms with van der Waals surface area (Å²) in [6, 6.07) is 0.521. The first-order chi connectivity index (χ1) is 14.0. The van der Waals surface area contributed by atoms with E-state index in [1.807, 2.05) is 0 Å². The average Bonchev–Trinajstić information content (AvgIpc) is 2.72. The number of allylic oxidation sites excluding steroid dienone is 2. The molecule has 0 amide bonds. The van der Waals surface area contributed by atoms with Crippen molar-refractivity contribution in [3.8, 4) is 0 Å². The quantitative estimate of drug-likeness (QED) is 0.515. The van der Waals surface area contributed by atoms with E-state index in [4.69, 9.17) is 16.3 Å². The second-order valence-corrected chi connectivity index (χ2v) is 10.7. The molecule has 3 aliphatic rings. The molecule has 5 heteroatoms. The fourth-order valence-electron chi connectivity index (χ4n) is 5.63. The van der Waals surface area contributed by atoms with Gasteiger partial charge in [-0.3, -0.25) is 0 Å². The summed E-state index contributed by atoms with van der Waals surface area (Å²) in [5.74, 6) is 4.22. The third kappa shape index (κ3) is 6.77. The Morgan fingerprint density at radius 1 is 1.07 bits per heavy atom. The standard InChI is InChI=1S/C24H43ClN2O2/c1-17(2)22(26-15-18-4-9-24(29-3)23(28)14-18)16-27-12-10-20(11-13-27)19-5-7-21(25)8-6-19/h17-22,26,28H,4-16H2,1-3H3/t18?,19?,21?,22-/m0/s1. The highest BCUT2D eigenvalue weighted by atomic mass is 35.5. The monoisotopic (exact) mass is 426 g/mol. The Balaban J connectivity index is 1.40. The van der Waals surface area contributed by atoms with E-state index in [2.05, 4.69) is 24.1 Å². The second kappa shape index (κ2) is 11.2. The number of nitrogens with zero attached hydrogens (tertiary/aromatic N) is 1. The zero-order valence-electron chi connectivity index (χ0n) is 18.8. The van der Waals surface area contributed by atoms with Crippen molar-refractivity contribution in [3.63, 3.8) is 0 Å². The summed E-state index contributed by atoms with van der Waals surface area (Å²) in [7, 11) is 1.66. The van der Waals surface area contributed by atoms with Crippen LogP contribution in [0.4, 0.5) is 0 Å². The zero-order valence-corrected chi connectivity index (χ0v) is 19.6. The van der Waals surface area contributed by atoms with Crippen molar-refractivity contribution < 1.29 is 9.84 Å². The molecular formula is C24H43ClN2O2. The highest BCUT2D eigenvalue weighted by Gasteiger charge is 2.31. The second-order valence-electron chi connectivity index (χ2n) is 10.1. The van der Waals surface area contributed by atoms with E-state index in [0.29, 0.717) is 29.0 Å². The number of aliphatic hydroxyl groups is 1. The lowest BCUT2D eigenvalue weighted by molar-refractivity contribution is 0.112. The molecule has 1 unspecified atom stereocenters. The smallest absolute Gasteiger partial charge is 0.133 e. The van der Waals surface area contributed by atoms with Crippen molar-refractivity contribution in [2.75, 3.05) is 33.3 Å². The van der Waals surface area contributed by atoms with Gasteiger partial charge in [0.05, 0.1) is 7.11 Å². The molecule has 4 nitrogen and oxygen atoms in total. The molecule has 1 saturated carbocycles. The van der Waals surface area contributed by atoms with E-state index in [1.165, 1.54) is 51.6 Å². The van der Waals surface area contributed by atoms with Gasteiger partial charge in [0.15, 0.2) is 0 Å². The lowest BCUT2D eigenvalue weighted by atomic mass is 9.75. The lowest BCUT2D eigenvalue weighted by Crippen LogP contribution is -2.48. The molecule has 0 radical (unpaired) electrons. The van der Waals surface area contributed by atoms with Gasteiger partial charge in [-0.1, -0.05) is 13.8 Å². The molecule has 2 N–H and O–H groups in total. The van der Waals surface area contributed by atoms with Crippen LogP contribution >= 0.6 is 11.6 Å². The van der Waals surface area contributed by atoms with Crippen molar-refractivity contribution in [2.45, 2.75) is 83.1 Å². The van der Waals surface area contributed by atoms with Gasteiger partial charge in [-0.05, 0) is 88.3 Å². The van der Waals surface area contributed by atoms with Crippen LogP contribution in [0.15, 0.2) is 11.5 Å². The number of hydrogen-bond acceptors (Lipinski definition) is 4. The SMILES string of the molecule is COC1=C(O)CC(CN[C@@H](CN2CCC(C3CCC(Cl)CC3)CC2)C(C)C)CC1. The minimum Gasteiger partial charge on any atom is -0.509 e. The molecule has 168 valence electrons. The van der Waals surface area contributed by atoms with Crippen LogP contribution in [-0.4, -0.2) is 54.7 Å². The predicted molar refractivity (Wildman–Crippen MR) is 121 cm³/mol. The minimum atomic E-state index is 0.437. The minimum absolute atomic E-state index is 0.437. The van der Waals surface area contributed by atoms with E-state index in [9.17, 15) is 5.11 Å². The first-order valence-electron chi connectivity index (χ1n) is 12.0. The van der Waals surface area contributed by atoms with Crippen LogP contribution in [0.25, 0.3) is 0 Å². The number of alkyl halides is 1. The third-order valence-electron chi connectivity index (χ3n) is 7.76. The maximum Gasteiger partial charge on any atom is 0.133 e. The molecule has 0 aromatic carbocycles. The van der Waals surface area contributed by atoms with E-state index in [1.54, 1.807) is 7.11 Å². The molecule has 0 bridgehead atoms. The molecule has 2 fully saturated rings. The maximum atomic E-state index is 10.1. The summed E-state index contributed by atoms with van der Waals surface area (Å²) in [6.07, 6.45) is 10.6. The van der Waals surface area contributed by atoms with Gasteiger partial charge < -0.3 is 20.1 Å². The Kier molecular flexibility index (Phi) is 9.01. The number of nitrogens with one attached hydrogen (secondary N) is 1. The summed E-state index contributed by atoms with van der Waals surface area (Å²) in [5.41, 5.74) is 0. The van der Waals surface area contributed by atoms with Crippen LogP contribution < -0.4 is 5.32 Å². The van der Waals surface area contributed by atoms with Crippen LogP contribution in [0, 0.1) is 23.7 Å². The Morgan fingerprint density at radius 2 is 1.72 bits per heavy atom. The van der Waals surface area contributed by atoms with Gasteiger partial charge in [-0.25, -0.2) is 0 Å². The Morgan fingerprint density at radius 3 is 2.31 bits per heavy atom. The van der Waals surface area contributed by atoms with Crippen LogP contribution in [0.1, 0.15) is 71.6 Å². The van der Waals surface area contributed by atoms with Gasteiger partial charge in [0.1, 0.15) is 11.5 Å². The number of hydrogen-bond donors (Lipinski definition) is 2. The maximum absolute atomic E-state index is 10.1. The van der Waals surface area contributed by atoms with Gasteiger partial charge in [-0.15, -0.1) is 11.6 Å². The van der Waals surface area contributed by atoms with E-state index in [0.717, 1.165) is 49.9 Å². The Bertz CT molecular complexity index is 523. The van der Waals surface area contributed by atoms with Gasteiger partial charge in [-0.2, -0.15) is 0 Å². The van der Waals surface area contributed by atoms with Crippen molar-refractivity contribution in [3.05, 3.63) is 11.5 Å². The van der Waals surface area contributed by atoms with Gasteiger partial charge in [0, 0.05) is 30.8 Å². The molecule has 3 rings (SSSR count). The normalized spacial score (nSPS) is 31.3. The summed E-state index contributed by atoms with van der Waals surface area (Å²) in [4.78, 5) is 2.68. The molecule has 1 aliphatic heterocycles. The number of piperidine rings is 1. The number of halogens is 1. The molecule has 0 spiro atoms. The fourth-order valence-corrected chi connectivity index (χ4v) is 5.88. The van der Waals surface area contributed by atoms with Crippen molar-refractivity contribution in [1.82, 2.24) is 10.2 Å². The van der Waals surface area contributed by atoms with Crippen LogP contribution in [-0.2, 0) is 4.74 Å². The molecule has 2 atom stereocenters. The van der Waals surface area contributed by atoms with Crippen LogP contribution in [0.2, 0.25) is 0 Å². The Hall–Kier alpha value is -0.450. The molecule has 0 aromatic heterocycles. The first-order valence-corrected chi connectivity index (χ1v) is 12.4. The number of methoxy groups -OCH3 is 1. The Labute approximate surface area is 183 Å². The predicted octanol–water partition coefficient (Wildman–Crippen LogP) is 5.33. The number of ether oxygens (including phenoxy) is 1. The highest BCUT2D eigenvalue weighted by Crippen LogP contribution is 2.37. The zero-order chi connectivity index (χ0) is 20.8. The molecule has 2 aliphatic carbocycles. The average molecular weight is 427 g/mol. The lowest BCUT2D eigenvalue weighted by Gasteiger charge is -2.40. The topological polar surface area (TPSA) is 44.7 Å². The molecule has 0 aromatic rings. The molecule has 1 saturated heterocycles. The number of likely N-dealkylation sites (tertiary alicyclic amines) is 1. The largest absolute Gasteiger partial charge is 0.509 e. The third-order valence-corrected chi connectivity index (χ3v) is 8.20. The fraction of sp³-hybridized carbons (Fsp3) is 0.917. The number of rotatable bonds is 8. The van der Waals surface area contributed by atoms with E-state index in [-0.39, 0.29) is 0 Å². The van der Waals surface area contributed by atoms with Crippen LogP contribution in [0.5, 0.6) is 0 Å². The summed E-state index contributed by atoms with van der Waals surface area (Å²) >= 11 is 6.30. The van der Waals surface area contributed by atoms with Crippen molar-refractivity contribution in [1.29, 1.82) is 0 Å². The van der Waals surface area contributed by atoms with Gasteiger partial charge in [0.2, 0.25) is 0 Å². The van der Waals surface area contributed by atoms with Crippen molar-refractivity contribution >= 4 is 11.6 Å². The van der Waals surface area contributed by atoms with E-state index < -0.39 is 0 Å². The molecule has 1 heterocycles. The summed E-state index contributed by atoms with van der Waals surface area (Å²) in [5, 5.41) is 14.4. The molecular weight excluding hydrogens is 384 g/mol. The first kappa shape index (κ1) is 23.2. The van der Waals surface area contributed by atoms with Gasteiger partial charge >= 0.3 is 0 Å². The van der Waals surface area contributed by atoms with E-state index >= 15 is 0 Å². The summed E-state index contributed by atoms with van der Waals surface area (Å²) < 4.78 is 5.27. The summed E-state index contributed by atoms with van der Waals surface area (Å²) in [6.45, 7) is 9.30. The van der Waals surface area contributed by atoms with Crippen LogP contribution in [0.3, 0.4) is 0 Å². The number of aliphatic hydroxyl groups excluding tert-OH is 1.